The molecule has 0 aromatic heterocycles. The molecular formula is C13H23N3O2. The van der Waals surface area contributed by atoms with Gasteiger partial charge in [-0.25, -0.2) is 0 Å². The van der Waals surface area contributed by atoms with E-state index in [1.165, 1.54) is 0 Å². The molecule has 1 unspecified atom stereocenters. The van der Waals surface area contributed by atoms with Gasteiger partial charge in [0.25, 0.3) is 0 Å². The maximum atomic E-state index is 5.88. The van der Waals surface area contributed by atoms with Crippen molar-refractivity contribution >= 4 is 5.69 Å². The van der Waals surface area contributed by atoms with E-state index in [0.717, 1.165) is 22.7 Å². The van der Waals surface area contributed by atoms with E-state index in [-0.39, 0.29) is 6.04 Å². The second-order valence-electron chi connectivity index (χ2n) is 4.37. The fourth-order valence-corrected chi connectivity index (χ4v) is 2.00. The lowest BCUT2D eigenvalue weighted by molar-refractivity contribution is 0.393. The predicted molar refractivity (Wildman–Crippen MR) is 74.6 cm³/mol. The minimum Gasteiger partial charge on any atom is -0.497 e. The summed E-state index contributed by atoms with van der Waals surface area (Å²) in [5.74, 6) is 1.56. The van der Waals surface area contributed by atoms with Crippen LogP contribution in [0.3, 0.4) is 0 Å². The van der Waals surface area contributed by atoms with Crippen LogP contribution in [0, 0.1) is 6.92 Å². The van der Waals surface area contributed by atoms with Crippen molar-refractivity contribution in [3.8, 4) is 11.5 Å². The van der Waals surface area contributed by atoms with E-state index in [1.807, 2.05) is 26.1 Å². The third kappa shape index (κ3) is 3.27. The monoisotopic (exact) mass is 253 g/mol. The molecule has 5 nitrogen and oxygen atoms in total. The molecule has 0 saturated heterocycles. The number of hydrogen-bond acceptors (Lipinski definition) is 5. The van der Waals surface area contributed by atoms with Crippen molar-refractivity contribution in [2.75, 3.05) is 39.3 Å². The van der Waals surface area contributed by atoms with E-state index in [0.29, 0.717) is 13.1 Å². The van der Waals surface area contributed by atoms with Gasteiger partial charge >= 0.3 is 0 Å². The van der Waals surface area contributed by atoms with Crippen molar-refractivity contribution in [2.24, 2.45) is 11.5 Å². The Hall–Kier alpha value is -1.46. The van der Waals surface area contributed by atoms with Gasteiger partial charge in [-0.05, 0) is 18.6 Å². The molecule has 0 saturated carbocycles. The molecule has 102 valence electrons. The van der Waals surface area contributed by atoms with Crippen molar-refractivity contribution in [3.05, 3.63) is 17.7 Å². The van der Waals surface area contributed by atoms with E-state index < -0.39 is 0 Å². The summed E-state index contributed by atoms with van der Waals surface area (Å²) < 4.78 is 10.6. The minimum atomic E-state index is -0.0544. The lowest BCUT2D eigenvalue weighted by Gasteiger charge is -2.26. The first kappa shape index (κ1) is 14.6. The fourth-order valence-electron chi connectivity index (χ4n) is 2.00. The fraction of sp³-hybridized carbons (Fsp3) is 0.538. The van der Waals surface area contributed by atoms with Crippen LogP contribution in [0.25, 0.3) is 0 Å². The minimum absolute atomic E-state index is 0.0544. The molecule has 0 bridgehead atoms. The lowest BCUT2D eigenvalue weighted by atomic mass is 10.1. The first-order chi connectivity index (χ1) is 8.53. The number of rotatable bonds is 6. The first-order valence-electron chi connectivity index (χ1n) is 5.92. The second kappa shape index (κ2) is 6.47. The van der Waals surface area contributed by atoms with Gasteiger partial charge in [0.05, 0.1) is 19.9 Å². The summed E-state index contributed by atoms with van der Waals surface area (Å²) in [5.41, 5.74) is 13.5. The Balaban J connectivity index is 3.06. The number of anilines is 1. The predicted octanol–water partition coefficient (Wildman–Crippen LogP) is 0.734. The van der Waals surface area contributed by atoms with Gasteiger partial charge in [-0.2, -0.15) is 0 Å². The summed E-state index contributed by atoms with van der Waals surface area (Å²) in [7, 11) is 5.27. The molecule has 18 heavy (non-hydrogen) atoms. The Morgan fingerprint density at radius 1 is 1.28 bits per heavy atom. The Kier molecular flexibility index (Phi) is 5.25. The topological polar surface area (TPSA) is 73.7 Å². The molecule has 1 rings (SSSR count). The summed E-state index contributed by atoms with van der Waals surface area (Å²) in [4.78, 5) is 2.06. The zero-order chi connectivity index (χ0) is 13.7. The van der Waals surface area contributed by atoms with Gasteiger partial charge in [0.1, 0.15) is 11.5 Å². The molecule has 0 aliphatic heterocycles. The molecule has 1 aromatic carbocycles. The molecule has 0 aliphatic carbocycles. The van der Waals surface area contributed by atoms with E-state index in [4.69, 9.17) is 20.9 Å². The average molecular weight is 253 g/mol. The van der Waals surface area contributed by atoms with Crippen LogP contribution in [-0.2, 0) is 0 Å². The smallest absolute Gasteiger partial charge is 0.146 e. The third-order valence-corrected chi connectivity index (χ3v) is 2.89. The van der Waals surface area contributed by atoms with Crippen LogP contribution in [0.15, 0.2) is 12.1 Å². The Bertz CT molecular complexity index is 396. The maximum Gasteiger partial charge on any atom is 0.146 e. The van der Waals surface area contributed by atoms with Crippen molar-refractivity contribution < 1.29 is 9.47 Å². The molecule has 4 N–H and O–H groups in total. The number of nitrogens with two attached hydrogens (primary N) is 2. The standard InChI is InChI=1S/C13H23N3O2/c1-9-5-11(17-3)6-12(18-4)13(9)16(2)8-10(15)7-14/h5-6,10H,7-8,14-15H2,1-4H3. The molecule has 0 radical (unpaired) electrons. The van der Waals surface area contributed by atoms with Crippen LogP contribution in [0.5, 0.6) is 11.5 Å². The second-order valence-corrected chi connectivity index (χ2v) is 4.37. The van der Waals surface area contributed by atoms with Crippen LogP contribution >= 0.6 is 0 Å². The number of nitrogens with zero attached hydrogens (tertiary/aromatic N) is 1. The van der Waals surface area contributed by atoms with Gasteiger partial charge in [0, 0.05) is 32.2 Å². The zero-order valence-electron chi connectivity index (χ0n) is 11.6. The maximum absolute atomic E-state index is 5.88. The molecule has 1 atom stereocenters. The van der Waals surface area contributed by atoms with Gasteiger partial charge in [-0.3, -0.25) is 0 Å². The van der Waals surface area contributed by atoms with Crippen molar-refractivity contribution in [1.82, 2.24) is 0 Å². The number of aryl methyl sites for hydroxylation is 1. The first-order valence-corrected chi connectivity index (χ1v) is 5.92. The molecule has 5 heteroatoms. The Morgan fingerprint density at radius 3 is 2.44 bits per heavy atom. The molecule has 0 aliphatic rings. The zero-order valence-corrected chi connectivity index (χ0v) is 11.6. The van der Waals surface area contributed by atoms with Crippen LogP contribution in [0.1, 0.15) is 5.56 Å². The van der Waals surface area contributed by atoms with Gasteiger partial charge < -0.3 is 25.8 Å². The van der Waals surface area contributed by atoms with E-state index in [1.54, 1.807) is 14.2 Å². The number of ether oxygens (including phenoxy) is 2. The molecule has 0 fully saturated rings. The average Bonchev–Trinajstić information content (AvgIpc) is 2.36. The summed E-state index contributed by atoms with van der Waals surface area (Å²) in [6.07, 6.45) is 0. The summed E-state index contributed by atoms with van der Waals surface area (Å²) >= 11 is 0. The number of benzene rings is 1. The largest absolute Gasteiger partial charge is 0.497 e. The van der Waals surface area contributed by atoms with Gasteiger partial charge in [-0.1, -0.05) is 0 Å². The van der Waals surface area contributed by atoms with E-state index >= 15 is 0 Å². The van der Waals surface area contributed by atoms with E-state index in [9.17, 15) is 0 Å². The van der Waals surface area contributed by atoms with Gasteiger partial charge in [0.2, 0.25) is 0 Å². The number of likely N-dealkylation sites (N-methyl/N-ethyl adjacent to an activating group) is 1. The normalized spacial score (nSPS) is 12.1. The van der Waals surface area contributed by atoms with Crippen LogP contribution in [0.2, 0.25) is 0 Å². The van der Waals surface area contributed by atoms with Gasteiger partial charge in [-0.15, -0.1) is 0 Å². The van der Waals surface area contributed by atoms with Crippen LogP contribution in [-0.4, -0.2) is 40.4 Å². The molecule has 1 aromatic rings. The van der Waals surface area contributed by atoms with Crippen LogP contribution in [0.4, 0.5) is 5.69 Å². The van der Waals surface area contributed by atoms with E-state index in [2.05, 4.69) is 4.90 Å². The SMILES string of the molecule is COc1cc(C)c(N(C)CC(N)CN)c(OC)c1. The van der Waals surface area contributed by atoms with Crippen LogP contribution < -0.4 is 25.8 Å². The number of hydrogen-bond donors (Lipinski definition) is 2. The van der Waals surface area contributed by atoms with Crippen molar-refractivity contribution in [1.29, 1.82) is 0 Å². The van der Waals surface area contributed by atoms with Crippen molar-refractivity contribution in [2.45, 2.75) is 13.0 Å². The Labute approximate surface area is 109 Å². The highest BCUT2D eigenvalue weighted by Gasteiger charge is 2.15. The molecular weight excluding hydrogens is 230 g/mol. The highest BCUT2D eigenvalue weighted by atomic mass is 16.5. The summed E-state index contributed by atoms with van der Waals surface area (Å²) in [6, 6.07) is 3.79. The highest BCUT2D eigenvalue weighted by Crippen LogP contribution is 2.35. The third-order valence-electron chi connectivity index (χ3n) is 2.89. The van der Waals surface area contributed by atoms with Crippen molar-refractivity contribution in [3.63, 3.8) is 0 Å². The molecule has 0 amide bonds. The molecule has 0 heterocycles. The van der Waals surface area contributed by atoms with Gasteiger partial charge in [0.15, 0.2) is 0 Å². The lowest BCUT2D eigenvalue weighted by Crippen LogP contribution is -2.40. The quantitative estimate of drug-likeness (QED) is 0.782. The summed E-state index contributed by atoms with van der Waals surface area (Å²) in [5, 5.41) is 0. The highest BCUT2D eigenvalue weighted by molar-refractivity contribution is 5.65. The summed E-state index contributed by atoms with van der Waals surface area (Å²) in [6.45, 7) is 3.16. The number of methoxy groups -OCH3 is 2. The molecule has 0 spiro atoms. The Morgan fingerprint density at radius 2 is 1.94 bits per heavy atom.